The minimum Gasteiger partial charge on any atom is -0.480 e. The van der Waals surface area contributed by atoms with E-state index < -0.39 is 48.4 Å². The molecule has 1 rings (SSSR count). The highest BCUT2D eigenvalue weighted by Crippen LogP contribution is 2.43. The van der Waals surface area contributed by atoms with E-state index in [9.17, 15) is 22.8 Å². The summed E-state index contributed by atoms with van der Waals surface area (Å²) in [7, 11) is 0.838. The zero-order valence-corrected chi connectivity index (χ0v) is 12.2. The van der Waals surface area contributed by atoms with E-state index in [4.69, 9.17) is 9.84 Å². The van der Waals surface area contributed by atoms with Crippen molar-refractivity contribution in [3.8, 4) is 0 Å². The molecule has 1 fully saturated rings. The van der Waals surface area contributed by atoms with Gasteiger partial charge in [-0.2, -0.15) is 13.2 Å². The Balaban J connectivity index is 3.08. The Bertz CT molecular complexity index is 432. The van der Waals surface area contributed by atoms with Crippen molar-refractivity contribution in [3.63, 3.8) is 0 Å². The second-order valence-corrected chi connectivity index (χ2v) is 5.86. The highest BCUT2D eigenvalue weighted by molar-refractivity contribution is 5.81. The van der Waals surface area contributed by atoms with E-state index in [2.05, 4.69) is 4.74 Å². The van der Waals surface area contributed by atoms with Crippen LogP contribution in [0.4, 0.5) is 18.0 Å². The van der Waals surface area contributed by atoms with Crippen LogP contribution in [0, 0.1) is 0 Å². The van der Waals surface area contributed by atoms with E-state index in [0.29, 0.717) is 4.90 Å². The first-order valence-corrected chi connectivity index (χ1v) is 6.17. The van der Waals surface area contributed by atoms with Gasteiger partial charge in [-0.25, -0.2) is 9.59 Å². The van der Waals surface area contributed by atoms with E-state index in [0.717, 1.165) is 7.11 Å². The molecule has 0 aromatic heterocycles. The van der Waals surface area contributed by atoms with E-state index in [-0.39, 0.29) is 0 Å². The number of carboxylic acids is 1. The number of methoxy groups -OCH3 is 1. The van der Waals surface area contributed by atoms with Crippen LogP contribution in [0.3, 0.4) is 0 Å². The van der Waals surface area contributed by atoms with Crippen molar-refractivity contribution in [3.05, 3.63) is 0 Å². The Morgan fingerprint density at radius 1 is 1.29 bits per heavy atom. The van der Waals surface area contributed by atoms with Gasteiger partial charge in [0.25, 0.3) is 0 Å². The molecule has 0 aromatic carbocycles. The zero-order chi connectivity index (χ0) is 16.6. The summed E-state index contributed by atoms with van der Waals surface area (Å²) in [5.41, 5.74) is -3.65. The molecule has 1 aliphatic heterocycles. The fourth-order valence-electron chi connectivity index (χ4n) is 2.07. The Morgan fingerprint density at radius 3 is 2.14 bits per heavy atom. The number of aliphatic carboxylic acids is 1. The monoisotopic (exact) mass is 313 g/mol. The van der Waals surface area contributed by atoms with Crippen LogP contribution in [0.5, 0.6) is 0 Å². The number of nitrogens with zero attached hydrogens (tertiary/aromatic N) is 1. The second-order valence-electron chi connectivity index (χ2n) is 5.86. The third-order valence-corrected chi connectivity index (χ3v) is 3.15. The second kappa shape index (κ2) is 5.36. The Labute approximate surface area is 119 Å². The van der Waals surface area contributed by atoms with Gasteiger partial charge in [0, 0.05) is 13.5 Å². The summed E-state index contributed by atoms with van der Waals surface area (Å²) in [5, 5.41) is 9.05. The average molecular weight is 313 g/mol. The lowest BCUT2D eigenvalue weighted by Crippen LogP contribution is -2.50. The quantitative estimate of drug-likeness (QED) is 0.844. The van der Waals surface area contributed by atoms with Crippen molar-refractivity contribution in [2.24, 2.45) is 0 Å². The van der Waals surface area contributed by atoms with E-state index in [1.54, 1.807) is 0 Å². The molecule has 6 nitrogen and oxygen atoms in total. The maximum absolute atomic E-state index is 13.1. The van der Waals surface area contributed by atoms with Crippen LogP contribution in [-0.2, 0) is 14.3 Å². The van der Waals surface area contributed by atoms with Gasteiger partial charge in [-0.05, 0) is 20.8 Å². The molecule has 0 radical (unpaired) electrons. The third kappa shape index (κ3) is 3.58. The highest BCUT2D eigenvalue weighted by Gasteiger charge is 2.64. The lowest BCUT2D eigenvalue weighted by Gasteiger charge is -2.30. The summed E-state index contributed by atoms with van der Waals surface area (Å²) in [6.07, 6.45) is -6.79. The Morgan fingerprint density at radius 2 is 1.81 bits per heavy atom. The number of hydrogen-bond acceptors (Lipinski definition) is 4. The van der Waals surface area contributed by atoms with Gasteiger partial charge in [-0.15, -0.1) is 0 Å². The maximum atomic E-state index is 13.1. The largest absolute Gasteiger partial charge is 0.480 e. The summed E-state index contributed by atoms with van der Waals surface area (Å²) in [6, 6.07) is -1.65. The van der Waals surface area contributed by atoms with Crippen LogP contribution >= 0.6 is 0 Å². The van der Waals surface area contributed by atoms with Gasteiger partial charge in [-0.1, -0.05) is 0 Å². The summed E-state index contributed by atoms with van der Waals surface area (Å²) in [6.45, 7) is 3.68. The minimum absolute atomic E-state index is 0.546. The van der Waals surface area contributed by atoms with Crippen molar-refractivity contribution >= 4 is 12.1 Å². The van der Waals surface area contributed by atoms with Crippen LogP contribution < -0.4 is 0 Å². The molecule has 0 aromatic rings. The molecule has 1 N–H and O–H groups in total. The molecule has 2 atom stereocenters. The molecule has 0 spiro atoms. The Hall–Kier alpha value is -1.51. The van der Waals surface area contributed by atoms with E-state index in [1.807, 2.05) is 0 Å². The number of ether oxygens (including phenoxy) is 2. The number of carbonyl (C=O) groups is 2. The average Bonchev–Trinajstić information content (AvgIpc) is 2.67. The summed E-state index contributed by atoms with van der Waals surface area (Å²) >= 11 is 0. The predicted molar refractivity (Wildman–Crippen MR) is 64.8 cm³/mol. The molecule has 1 heterocycles. The lowest BCUT2D eigenvalue weighted by atomic mass is 9.99. The van der Waals surface area contributed by atoms with Crippen LogP contribution in [-0.4, -0.2) is 59.1 Å². The van der Waals surface area contributed by atoms with Crippen molar-refractivity contribution < 1.29 is 37.3 Å². The first-order valence-electron chi connectivity index (χ1n) is 6.17. The van der Waals surface area contributed by atoms with Gasteiger partial charge in [-0.3, -0.25) is 4.90 Å². The molecule has 0 aliphatic carbocycles. The summed E-state index contributed by atoms with van der Waals surface area (Å²) in [4.78, 5) is 23.6. The van der Waals surface area contributed by atoms with Crippen molar-refractivity contribution in [2.75, 3.05) is 13.7 Å². The molecule has 0 bridgehead atoms. The highest BCUT2D eigenvalue weighted by atomic mass is 19.4. The van der Waals surface area contributed by atoms with Gasteiger partial charge in [0.15, 0.2) is 5.60 Å². The van der Waals surface area contributed by atoms with Crippen LogP contribution in [0.1, 0.15) is 27.2 Å². The van der Waals surface area contributed by atoms with Crippen molar-refractivity contribution in [1.29, 1.82) is 0 Å². The summed E-state index contributed by atoms with van der Waals surface area (Å²) < 4.78 is 48.9. The molecule has 0 unspecified atom stereocenters. The molecular weight excluding hydrogens is 295 g/mol. The number of likely N-dealkylation sites (tertiary alicyclic amines) is 1. The molecule has 0 saturated carbocycles. The van der Waals surface area contributed by atoms with E-state index in [1.165, 1.54) is 20.8 Å². The number of rotatable bonds is 2. The fraction of sp³-hybridized carbons (Fsp3) is 0.833. The first kappa shape index (κ1) is 17.5. The number of alkyl halides is 3. The normalized spacial score (nSPS) is 26.8. The van der Waals surface area contributed by atoms with Crippen LogP contribution in [0.25, 0.3) is 0 Å². The number of halogens is 3. The van der Waals surface area contributed by atoms with E-state index >= 15 is 0 Å². The van der Waals surface area contributed by atoms with Crippen LogP contribution in [0.2, 0.25) is 0 Å². The maximum Gasteiger partial charge on any atom is 0.419 e. The SMILES string of the molecule is CO[C@]1(C(F)(F)F)C[C@H](C(=O)O)N(C(=O)OC(C)(C)C)C1. The number of amides is 1. The molecule has 9 heteroatoms. The van der Waals surface area contributed by atoms with Crippen molar-refractivity contribution in [2.45, 2.75) is 50.6 Å². The Kier molecular flexibility index (Phi) is 4.48. The van der Waals surface area contributed by atoms with Gasteiger partial charge < -0.3 is 14.6 Å². The molecular formula is C12H18F3NO5. The topological polar surface area (TPSA) is 76.1 Å². The molecule has 1 amide bonds. The molecule has 21 heavy (non-hydrogen) atoms. The summed E-state index contributed by atoms with van der Waals surface area (Å²) in [5.74, 6) is -1.54. The molecule has 1 aliphatic rings. The predicted octanol–water partition coefficient (Wildman–Crippen LogP) is 2.03. The van der Waals surface area contributed by atoms with Gasteiger partial charge >= 0.3 is 18.2 Å². The fourth-order valence-corrected chi connectivity index (χ4v) is 2.07. The lowest BCUT2D eigenvalue weighted by molar-refractivity contribution is -0.263. The van der Waals surface area contributed by atoms with Gasteiger partial charge in [0.1, 0.15) is 11.6 Å². The van der Waals surface area contributed by atoms with Gasteiger partial charge in [0.05, 0.1) is 6.54 Å². The molecule has 1 saturated heterocycles. The molecule has 122 valence electrons. The number of carboxylic acid groups (broad SMARTS) is 1. The third-order valence-electron chi connectivity index (χ3n) is 3.15. The minimum atomic E-state index is -4.80. The van der Waals surface area contributed by atoms with Crippen LogP contribution in [0.15, 0.2) is 0 Å². The number of hydrogen-bond donors (Lipinski definition) is 1. The first-order chi connectivity index (χ1) is 9.33. The zero-order valence-electron chi connectivity index (χ0n) is 12.2. The standard InChI is InChI=1S/C12H18F3NO5/c1-10(2,3)21-9(19)16-6-11(20-4,12(13,14)15)5-7(16)8(17)18/h7H,5-6H2,1-4H3,(H,17,18)/t7-,11-/m1/s1. The van der Waals surface area contributed by atoms with Gasteiger partial charge in [0.2, 0.25) is 0 Å². The smallest absolute Gasteiger partial charge is 0.419 e. The number of carbonyl (C=O) groups excluding carboxylic acids is 1. The van der Waals surface area contributed by atoms with Crippen molar-refractivity contribution in [1.82, 2.24) is 4.90 Å².